The summed E-state index contributed by atoms with van der Waals surface area (Å²) in [6.45, 7) is 2.66. The Morgan fingerprint density at radius 1 is 1.29 bits per heavy atom. The van der Waals surface area contributed by atoms with Crippen molar-refractivity contribution in [2.75, 3.05) is 20.3 Å². The van der Waals surface area contributed by atoms with Gasteiger partial charge < -0.3 is 19.5 Å². The minimum absolute atomic E-state index is 0.0592. The molecule has 3 rings (SSSR count). The second-order valence-electron chi connectivity index (χ2n) is 6.57. The molecule has 1 heterocycles. The second-order valence-corrected chi connectivity index (χ2v) is 7.43. The van der Waals surface area contributed by atoms with Crippen LogP contribution in [0.1, 0.15) is 24.0 Å². The average Bonchev–Trinajstić information content (AvgIpc) is 3.21. The Labute approximate surface area is 172 Å². The Hall–Kier alpha value is -2.16. The van der Waals surface area contributed by atoms with Gasteiger partial charge in [0.25, 0.3) is 5.69 Å². The molecule has 1 fully saturated rings. The van der Waals surface area contributed by atoms with Gasteiger partial charge in [0.2, 0.25) is 0 Å². The minimum atomic E-state index is -0.420. The van der Waals surface area contributed by atoms with Gasteiger partial charge in [-0.2, -0.15) is 0 Å². The van der Waals surface area contributed by atoms with Crippen molar-refractivity contribution in [3.8, 4) is 11.5 Å². The van der Waals surface area contributed by atoms with Crippen molar-refractivity contribution in [2.45, 2.75) is 32.1 Å². The number of nitro groups is 1. The molecule has 0 spiro atoms. The van der Waals surface area contributed by atoms with Gasteiger partial charge in [0.1, 0.15) is 6.61 Å². The number of non-ortho nitro benzene ring substituents is 1. The van der Waals surface area contributed by atoms with Crippen molar-refractivity contribution in [3.05, 3.63) is 62.1 Å². The number of rotatable bonds is 9. The molecular formula is C20H23BrN2O5. The van der Waals surface area contributed by atoms with Gasteiger partial charge in [0, 0.05) is 36.3 Å². The number of nitrogens with one attached hydrogen (secondary N) is 1. The lowest BCUT2D eigenvalue weighted by Gasteiger charge is -2.15. The SMILES string of the molecule is COc1cc(CNCC2CCCO2)c(Br)cc1OCc1ccc([N+](=O)[O-])cc1. The van der Waals surface area contributed by atoms with E-state index in [2.05, 4.69) is 21.2 Å². The zero-order valence-electron chi connectivity index (χ0n) is 15.7. The van der Waals surface area contributed by atoms with Crippen molar-refractivity contribution in [1.29, 1.82) is 0 Å². The third kappa shape index (κ3) is 5.43. The van der Waals surface area contributed by atoms with Crippen LogP contribution in [0.4, 0.5) is 5.69 Å². The highest BCUT2D eigenvalue weighted by atomic mass is 79.9. The fourth-order valence-corrected chi connectivity index (χ4v) is 3.50. The van der Waals surface area contributed by atoms with Gasteiger partial charge in [0.15, 0.2) is 11.5 Å². The number of methoxy groups -OCH3 is 1. The molecule has 1 aliphatic rings. The van der Waals surface area contributed by atoms with Crippen LogP contribution in [-0.4, -0.2) is 31.3 Å². The van der Waals surface area contributed by atoms with E-state index in [-0.39, 0.29) is 12.3 Å². The standard InChI is InChI=1S/C20H23BrN2O5/c1-26-19-9-15(11-22-12-17-3-2-8-27-17)18(21)10-20(19)28-13-14-4-6-16(7-5-14)23(24)25/h4-7,9-10,17,22H,2-3,8,11-13H2,1H3. The maximum absolute atomic E-state index is 10.7. The number of ether oxygens (including phenoxy) is 3. The molecule has 28 heavy (non-hydrogen) atoms. The van der Waals surface area contributed by atoms with Gasteiger partial charge in [0.05, 0.1) is 18.1 Å². The summed E-state index contributed by atoms with van der Waals surface area (Å²) in [6, 6.07) is 10.1. The Balaban J connectivity index is 1.60. The molecule has 1 saturated heterocycles. The highest BCUT2D eigenvalue weighted by Crippen LogP contribution is 2.34. The summed E-state index contributed by atoms with van der Waals surface area (Å²) < 4.78 is 17.9. The van der Waals surface area contributed by atoms with Crippen molar-refractivity contribution in [3.63, 3.8) is 0 Å². The first-order valence-electron chi connectivity index (χ1n) is 9.11. The molecule has 150 valence electrons. The molecule has 0 amide bonds. The van der Waals surface area contributed by atoms with E-state index < -0.39 is 4.92 Å². The van der Waals surface area contributed by atoms with Gasteiger partial charge in [-0.05, 0) is 48.2 Å². The molecule has 1 N–H and O–H groups in total. The first-order chi connectivity index (χ1) is 13.6. The van der Waals surface area contributed by atoms with E-state index in [1.165, 1.54) is 12.1 Å². The lowest BCUT2D eigenvalue weighted by atomic mass is 10.2. The average molecular weight is 451 g/mol. The number of nitro benzene ring substituents is 1. The van der Waals surface area contributed by atoms with E-state index in [9.17, 15) is 10.1 Å². The molecule has 2 aromatic rings. The van der Waals surface area contributed by atoms with E-state index in [0.717, 1.165) is 41.6 Å². The van der Waals surface area contributed by atoms with Crippen LogP contribution in [0.25, 0.3) is 0 Å². The highest BCUT2D eigenvalue weighted by Gasteiger charge is 2.16. The number of benzene rings is 2. The van der Waals surface area contributed by atoms with Gasteiger partial charge in [-0.1, -0.05) is 15.9 Å². The van der Waals surface area contributed by atoms with Crippen molar-refractivity contribution >= 4 is 21.6 Å². The normalized spacial score (nSPS) is 16.1. The number of nitrogens with zero attached hydrogens (tertiary/aromatic N) is 1. The largest absolute Gasteiger partial charge is 0.493 e. The first-order valence-corrected chi connectivity index (χ1v) is 9.91. The summed E-state index contributed by atoms with van der Waals surface area (Å²) in [5, 5.41) is 14.2. The molecule has 2 aromatic carbocycles. The second kappa shape index (κ2) is 9.86. The molecule has 0 aromatic heterocycles. The van der Waals surface area contributed by atoms with E-state index in [1.807, 2.05) is 12.1 Å². The van der Waals surface area contributed by atoms with Crippen molar-refractivity contribution < 1.29 is 19.1 Å². The van der Waals surface area contributed by atoms with Crippen LogP contribution in [0, 0.1) is 10.1 Å². The van der Waals surface area contributed by atoms with Crippen LogP contribution in [0.3, 0.4) is 0 Å². The predicted octanol–water partition coefficient (Wildman–Crippen LogP) is 4.21. The third-order valence-electron chi connectivity index (χ3n) is 4.59. The molecular weight excluding hydrogens is 428 g/mol. The monoisotopic (exact) mass is 450 g/mol. The third-order valence-corrected chi connectivity index (χ3v) is 5.32. The zero-order chi connectivity index (χ0) is 19.9. The van der Waals surface area contributed by atoms with Crippen LogP contribution in [0.5, 0.6) is 11.5 Å². The van der Waals surface area contributed by atoms with Gasteiger partial charge in [-0.15, -0.1) is 0 Å². The van der Waals surface area contributed by atoms with Gasteiger partial charge in [-0.3, -0.25) is 10.1 Å². The molecule has 1 atom stereocenters. The number of hydrogen-bond acceptors (Lipinski definition) is 6. The van der Waals surface area contributed by atoms with E-state index in [1.54, 1.807) is 19.2 Å². The Bertz CT molecular complexity index is 807. The number of halogens is 1. The van der Waals surface area contributed by atoms with Crippen LogP contribution in [0.15, 0.2) is 40.9 Å². The maximum atomic E-state index is 10.7. The summed E-state index contributed by atoms with van der Waals surface area (Å²) >= 11 is 3.59. The van der Waals surface area contributed by atoms with Gasteiger partial charge >= 0.3 is 0 Å². The molecule has 1 aliphatic heterocycles. The smallest absolute Gasteiger partial charge is 0.269 e. The lowest BCUT2D eigenvalue weighted by molar-refractivity contribution is -0.384. The molecule has 8 heteroatoms. The van der Waals surface area contributed by atoms with Crippen LogP contribution in [0.2, 0.25) is 0 Å². The highest BCUT2D eigenvalue weighted by molar-refractivity contribution is 9.10. The molecule has 0 saturated carbocycles. The fraction of sp³-hybridized carbons (Fsp3) is 0.400. The molecule has 7 nitrogen and oxygen atoms in total. The summed E-state index contributed by atoms with van der Waals surface area (Å²) in [5.74, 6) is 1.25. The summed E-state index contributed by atoms with van der Waals surface area (Å²) in [6.07, 6.45) is 2.53. The maximum Gasteiger partial charge on any atom is 0.269 e. The topological polar surface area (TPSA) is 82.9 Å². The van der Waals surface area contributed by atoms with Crippen LogP contribution in [-0.2, 0) is 17.9 Å². The minimum Gasteiger partial charge on any atom is -0.493 e. The van der Waals surface area contributed by atoms with E-state index in [4.69, 9.17) is 14.2 Å². The molecule has 0 aliphatic carbocycles. The lowest BCUT2D eigenvalue weighted by Crippen LogP contribution is -2.25. The summed E-state index contributed by atoms with van der Waals surface area (Å²) in [5.41, 5.74) is 1.97. The van der Waals surface area contributed by atoms with E-state index in [0.29, 0.717) is 24.1 Å². The fourth-order valence-electron chi connectivity index (χ4n) is 3.03. The van der Waals surface area contributed by atoms with Crippen LogP contribution >= 0.6 is 15.9 Å². The predicted molar refractivity (Wildman–Crippen MR) is 109 cm³/mol. The van der Waals surface area contributed by atoms with Gasteiger partial charge in [-0.25, -0.2) is 0 Å². The van der Waals surface area contributed by atoms with E-state index >= 15 is 0 Å². The summed E-state index contributed by atoms with van der Waals surface area (Å²) in [4.78, 5) is 10.3. The zero-order valence-corrected chi connectivity index (χ0v) is 17.2. The molecule has 1 unspecified atom stereocenters. The summed E-state index contributed by atoms with van der Waals surface area (Å²) in [7, 11) is 1.60. The molecule has 0 bridgehead atoms. The number of hydrogen-bond donors (Lipinski definition) is 1. The first kappa shape index (κ1) is 20.6. The Morgan fingerprint density at radius 3 is 2.71 bits per heavy atom. The quantitative estimate of drug-likeness (QED) is 0.454. The van der Waals surface area contributed by atoms with Crippen molar-refractivity contribution in [1.82, 2.24) is 5.32 Å². The van der Waals surface area contributed by atoms with Crippen LogP contribution < -0.4 is 14.8 Å². The van der Waals surface area contributed by atoms with Crippen molar-refractivity contribution in [2.24, 2.45) is 0 Å². The molecule has 0 radical (unpaired) electrons. The Kier molecular flexibility index (Phi) is 7.24. The Morgan fingerprint density at radius 2 is 2.07 bits per heavy atom.